The van der Waals surface area contributed by atoms with E-state index in [1.165, 1.54) is 0 Å². The lowest BCUT2D eigenvalue weighted by atomic mass is 10.0. The van der Waals surface area contributed by atoms with Crippen molar-refractivity contribution in [1.29, 1.82) is 0 Å². The van der Waals surface area contributed by atoms with E-state index < -0.39 is 5.97 Å². The average molecular weight is 475 g/mol. The summed E-state index contributed by atoms with van der Waals surface area (Å²) in [5.41, 5.74) is 2.88. The second-order valence-corrected chi connectivity index (χ2v) is 8.72. The van der Waals surface area contributed by atoms with Crippen LogP contribution in [-0.2, 0) is 14.3 Å². The first kappa shape index (κ1) is 24.7. The third kappa shape index (κ3) is 6.54. The molecule has 2 aromatic rings. The van der Waals surface area contributed by atoms with E-state index in [1.807, 2.05) is 57.2 Å². The molecule has 1 heterocycles. The molecular formula is C25H31ClN2O5. The average Bonchev–Trinajstić information content (AvgIpc) is 2.83. The molecule has 0 unspecified atom stereocenters. The van der Waals surface area contributed by atoms with Crippen molar-refractivity contribution in [3.05, 3.63) is 52.5 Å². The predicted molar refractivity (Wildman–Crippen MR) is 129 cm³/mol. The van der Waals surface area contributed by atoms with Gasteiger partial charge in [-0.05, 0) is 60.4 Å². The van der Waals surface area contributed by atoms with Gasteiger partial charge >= 0.3 is 5.97 Å². The minimum absolute atomic E-state index is 0.187. The van der Waals surface area contributed by atoms with Crippen molar-refractivity contribution in [1.82, 2.24) is 4.90 Å². The first-order valence-electron chi connectivity index (χ1n) is 11.0. The van der Waals surface area contributed by atoms with Crippen molar-refractivity contribution in [2.45, 2.75) is 26.7 Å². The maximum absolute atomic E-state index is 12.5. The standard InChI is InChI=1S/C25H31ClN2O5/c1-17(2)21-14-22(26)18(3)13-23(21)32-16-25(30)33-15-24(29)28-11-9-27(10-12-28)19-5-7-20(31-4)8-6-19/h5-8,13-14,17H,9-12,15-16H2,1-4H3. The highest BCUT2D eigenvalue weighted by Crippen LogP contribution is 2.32. The first-order chi connectivity index (χ1) is 15.8. The zero-order valence-corrected chi connectivity index (χ0v) is 20.4. The fraction of sp³-hybridized carbons (Fsp3) is 0.440. The molecule has 7 nitrogen and oxygen atoms in total. The van der Waals surface area contributed by atoms with Gasteiger partial charge in [0, 0.05) is 36.9 Å². The molecule has 1 saturated heterocycles. The van der Waals surface area contributed by atoms with Gasteiger partial charge in [-0.2, -0.15) is 0 Å². The van der Waals surface area contributed by atoms with Crippen molar-refractivity contribution >= 4 is 29.2 Å². The van der Waals surface area contributed by atoms with E-state index in [9.17, 15) is 9.59 Å². The molecule has 0 spiro atoms. The second kappa shape index (κ2) is 11.3. The molecule has 3 rings (SSSR count). The number of ether oxygens (including phenoxy) is 3. The predicted octanol–water partition coefficient (Wildman–Crippen LogP) is 4.05. The Bertz CT molecular complexity index is 970. The van der Waals surface area contributed by atoms with Crippen LogP contribution >= 0.6 is 11.6 Å². The summed E-state index contributed by atoms with van der Waals surface area (Å²) in [5, 5.41) is 0.659. The highest BCUT2D eigenvalue weighted by molar-refractivity contribution is 6.31. The van der Waals surface area contributed by atoms with E-state index in [0.717, 1.165) is 22.6 Å². The van der Waals surface area contributed by atoms with Crippen LogP contribution in [0.4, 0.5) is 5.69 Å². The van der Waals surface area contributed by atoms with Gasteiger partial charge in [-0.1, -0.05) is 25.4 Å². The summed E-state index contributed by atoms with van der Waals surface area (Å²) in [5.74, 6) is 0.813. The fourth-order valence-electron chi connectivity index (χ4n) is 3.67. The molecule has 0 N–H and O–H groups in total. The summed E-state index contributed by atoms with van der Waals surface area (Å²) in [4.78, 5) is 28.6. The molecule has 0 radical (unpaired) electrons. The maximum atomic E-state index is 12.5. The van der Waals surface area contributed by atoms with Gasteiger partial charge in [-0.15, -0.1) is 0 Å². The Morgan fingerprint density at radius 3 is 2.30 bits per heavy atom. The van der Waals surface area contributed by atoms with Crippen molar-refractivity contribution < 1.29 is 23.8 Å². The van der Waals surface area contributed by atoms with Crippen LogP contribution in [0.3, 0.4) is 0 Å². The number of rotatable bonds is 8. The van der Waals surface area contributed by atoms with E-state index in [1.54, 1.807) is 12.0 Å². The van der Waals surface area contributed by atoms with Crippen LogP contribution < -0.4 is 14.4 Å². The van der Waals surface area contributed by atoms with E-state index in [0.29, 0.717) is 37.0 Å². The molecular weight excluding hydrogens is 444 g/mol. The lowest BCUT2D eigenvalue weighted by Crippen LogP contribution is -2.50. The number of halogens is 1. The Morgan fingerprint density at radius 1 is 1.03 bits per heavy atom. The van der Waals surface area contributed by atoms with Gasteiger partial charge < -0.3 is 24.0 Å². The Balaban J connectivity index is 1.44. The van der Waals surface area contributed by atoms with Gasteiger partial charge in [0.2, 0.25) is 0 Å². The molecule has 33 heavy (non-hydrogen) atoms. The Labute approximate surface area is 200 Å². The molecule has 178 valence electrons. The quantitative estimate of drug-likeness (QED) is 0.538. The molecule has 0 saturated carbocycles. The summed E-state index contributed by atoms with van der Waals surface area (Å²) in [6.45, 7) is 7.94. The molecule has 0 atom stereocenters. The van der Waals surface area contributed by atoms with Crippen LogP contribution in [-0.4, -0.2) is 63.3 Å². The van der Waals surface area contributed by atoms with Crippen LogP contribution in [0.2, 0.25) is 5.02 Å². The SMILES string of the molecule is COc1ccc(N2CCN(C(=O)COC(=O)COc3cc(C)c(Cl)cc3C(C)C)CC2)cc1. The summed E-state index contributed by atoms with van der Waals surface area (Å²) in [6.07, 6.45) is 0. The molecule has 1 aliphatic rings. The van der Waals surface area contributed by atoms with Gasteiger partial charge in [-0.25, -0.2) is 4.79 Å². The summed E-state index contributed by atoms with van der Waals surface area (Å²) in [7, 11) is 1.64. The van der Waals surface area contributed by atoms with Crippen LogP contribution in [0.15, 0.2) is 36.4 Å². The third-order valence-corrected chi connectivity index (χ3v) is 6.09. The van der Waals surface area contributed by atoms with Gasteiger partial charge in [0.25, 0.3) is 5.91 Å². The summed E-state index contributed by atoms with van der Waals surface area (Å²) in [6, 6.07) is 11.5. The fourth-order valence-corrected chi connectivity index (χ4v) is 3.84. The zero-order valence-electron chi connectivity index (χ0n) is 19.6. The summed E-state index contributed by atoms with van der Waals surface area (Å²) >= 11 is 6.21. The molecule has 2 aromatic carbocycles. The number of carbonyl (C=O) groups excluding carboxylic acids is 2. The van der Waals surface area contributed by atoms with E-state index >= 15 is 0 Å². The normalized spacial score (nSPS) is 13.8. The number of esters is 1. The zero-order chi connectivity index (χ0) is 24.0. The highest BCUT2D eigenvalue weighted by atomic mass is 35.5. The van der Waals surface area contributed by atoms with Crippen molar-refractivity contribution in [3.63, 3.8) is 0 Å². The highest BCUT2D eigenvalue weighted by Gasteiger charge is 2.22. The molecule has 1 amide bonds. The van der Waals surface area contributed by atoms with Crippen molar-refractivity contribution in [3.8, 4) is 11.5 Å². The minimum Gasteiger partial charge on any atom is -0.497 e. The van der Waals surface area contributed by atoms with Crippen LogP contribution in [0.1, 0.15) is 30.9 Å². The van der Waals surface area contributed by atoms with Crippen molar-refractivity contribution in [2.24, 2.45) is 0 Å². The topological polar surface area (TPSA) is 68.3 Å². The molecule has 1 fully saturated rings. The molecule has 0 bridgehead atoms. The maximum Gasteiger partial charge on any atom is 0.344 e. The van der Waals surface area contributed by atoms with Gasteiger partial charge in [0.1, 0.15) is 11.5 Å². The largest absolute Gasteiger partial charge is 0.497 e. The van der Waals surface area contributed by atoms with E-state index in [4.69, 9.17) is 25.8 Å². The van der Waals surface area contributed by atoms with Crippen LogP contribution in [0.5, 0.6) is 11.5 Å². The third-order valence-electron chi connectivity index (χ3n) is 5.69. The number of carbonyl (C=O) groups is 2. The minimum atomic E-state index is -0.581. The number of benzene rings is 2. The number of piperazine rings is 1. The number of methoxy groups -OCH3 is 1. The number of nitrogens with zero attached hydrogens (tertiary/aromatic N) is 2. The van der Waals surface area contributed by atoms with Gasteiger partial charge in [0.15, 0.2) is 13.2 Å². The second-order valence-electron chi connectivity index (χ2n) is 8.31. The molecule has 8 heteroatoms. The number of anilines is 1. The Morgan fingerprint density at radius 2 is 1.70 bits per heavy atom. The van der Waals surface area contributed by atoms with E-state index in [-0.39, 0.29) is 25.0 Å². The smallest absolute Gasteiger partial charge is 0.344 e. The lowest BCUT2D eigenvalue weighted by Gasteiger charge is -2.36. The Kier molecular flexibility index (Phi) is 8.44. The Hall–Kier alpha value is -2.93. The van der Waals surface area contributed by atoms with Gasteiger partial charge in [-0.3, -0.25) is 4.79 Å². The van der Waals surface area contributed by atoms with Gasteiger partial charge in [0.05, 0.1) is 7.11 Å². The number of hydrogen-bond donors (Lipinski definition) is 0. The van der Waals surface area contributed by atoms with Crippen LogP contribution in [0.25, 0.3) is 0 Å². The first-order valence-corrected chi connectivity index (χ1v) is 11.4. The van der Waals surface area contributed by atoms with Crippen molar-refractivity contribution in [2.75, 3.05) is 51.4 Å². The summed E-state index contributed by atoms with van der Waals surface area (Å²) < 4.78 is 16.0. The van der Waals surface area contributed by atoms with Crippen LogP contribution in [0, 0.1) is 6.92 Å². The number of hydrogen-bond acceptors (Lipinski definition) is 6. The number of aryl methyl sites for hydroxylation is 1. The molecule has 0 aliphatic carbocycles. The molecule has 0 aromatic heterocycles. The number of amides is 1. The van der Waals surface area contributed by atoms with E-state index in [2.05, 4.69) is 4.90 Å². The monoisotopic (exact) mass is 474 g/mol. The lowest BCUT2D eigenvalue weighted by molar-refractivity contribution is -0.153. The molecule has 1 aliphatic heterocycles.